The van der Waals surface area contributed by atoms with Crippen molar-refractivity contribution in [3.05, 3.63) is 477 Å². The van der Waals surface area contributed by atoms with Crippen molar-refractivity contribution in [3.63, 3.8) is 0 Å². The van der Waals surface area contributed by atoms with Gasteiger partial charge in [0.2, 0.25) is 0 Å². The number of aryl methyl sites for hydroxylation is 5. The number of para-hydroxylation sites is 6. The van der Waals surface area contributed by atoms with Gasteiger partial charge < -0.3 is 25.6 Å². The molecular weight excluding hydrogens is 1770 g/mol. The van der Waals surface area contributed by atoms with E-state index >= 15 is 0 Å². The van der Waals surface area contributed by atoms with E-state index in [1.165, 1.54) is 63.4 Å². The molecule has 0 aliphatic carbocycles. The van der Waals surface area contributed by atoms with Crippen molar-refractivity contribution in [2.75, 3.05) is 0 Å². The van der Waals surface area contributed by atoms with Crippen molar-refractivity contribution >= 4 is 216 Å². The van der Waals surface area contributed by atoms with Gasteiger partial charge in [-0.1, -0.05) is 404 Å². The molecule has 0 atom stereocenters. The van der Waals surface area contributed by atoms with Gasteiger partial charge in [0.05, 0.1) is 5.75 Å². The number of hydrogen-bond acceptors (Lipinski definition) is 12. The molecule has 5 aromatic heterocycles. The first kappa shape index (κ1) is 93.2. The van der Waals surface area contributed by atoms with E-state index in [1.54, 1.807) is 0 Å². The molecule has 0 aliphatic rings. The lowest BCUT2D eigenvalue weighted by Crippen LogP contribution is -2.52. The summed E-state index contributed by atoms with van der Waals surface area (Å²) in [4.78, 5) is 22.6. The standard InChI is InChI=1S/C26H19Si.C22H17Si.C18H14O.5C10H9NO.5Al.O/c1-2-14-22(15-3-1)27(25-18-8-12-20-10-4-6-16-23(20)25)26-19-9-13-21-11-5-7-17-24(21)26;1-3-11-20(12-4-1)23(21-13-5-2-6-14-21)22-16-15-18-9-7-8-10-19(18)17-22;19-18-16(14-8-3-1-4-9-14)12-7-13-17(18)15-10-5-2-6-11-15;5*1-7-5-6-8-3-2-4-9(12)10(8)11-7;;;;;;/h1-19H;1-17H;1-13,19H;5*2-6,12H,1H3;;;;;;/q;;;;;;;;4*+1;+2;/p-6. The van der Waals surface area contributed by atoms with Crippen LogP contribution < -0.4 is 53.9 Å². The summed E-state index contributed by atoms with van der Waals surface area (Å²) in [5, 5.41) is 22.0. The summed E-state index contributed by atoms with van der Waals surface area (Å²) in [5.74, 6) is 4.67. The predicted molar refractivity (Wildman–Crippen MR) is 564 cm³/mol. The Morgan fingerprint density at radius 3 is 0.874 bits per heavy atom. The van der Waals surface area contributed by atoms with Crippen LogP contribution in [0.1, 0.15) is 28.5 Å². The maximum Gasteiger partial charge on any atom is 0.881 e. The molecule has 0 aliphatic heterocycles. The number of pyridine rings is 5. The zero-order valence-corrected chi connectivity index (χ0v) is 83.0. The van der Waals surface area contributed by atoms with Crippen molar-refractivity contribution in [2.45, 2.75) is 34.6 Å². The molecule has 9 radical (unpaired) electrons. The highest BCUT2D eigenvalue weighted by atomic mass is 28.3. The van der Waals surface area contributed by atoms with Crippen molar-refractivity contribution in [3.8, 4) is 56.8 Å². The second-order valence-electron chi connectivity index (χ2n) is 31.9. The van der Waals surface area contributed by atoms with E-state index in [1.807, 2.05) is 217 Å². The third-order valence-electron chi connectivity index (χ3n) is 22.7. The topological polar surface area (TPSA) is 129 Å². The van der Waals surface area contributed by atoms with Gasteiger partial charge in [0.25, 0.3) is 0 Å². The second kappa shape index (κ2) is 46.4. The Morgan fingerprint density at radius 1 is 0.215 bits per heavy atom. The molecule has 0 amide bonds. The molecule has 5 heterocycles. The molecule has 0 unspecified atom stereocenters. The summed E-state index contributed by atoms with van der Waals surface area (Å²) in [6.45, 7) is 9.87. The van der Waals surface area contributed by atoms with Crippen LogP contribution in [0.25, 0.3) is 109 Å². The second-order valence-corrected chi connectivity index (χ2v) is 39.9. The number of rotatable bonds is 20. The van der Waals surface area contributed by atoms with Crippen LogP contribution in [0, 0.1) is 34.6 Å². The monoisotopic (exact) mass is 1850 g/mol. The summed E-state index contributed by atoms with van der Waals surface area (Å²) in [7, 11) is -2.10. The maximum absolute atomic E-state index is 6.39. The number of hydrogen-bond donors (Lipinski definition) is 0. The third-order valence-corrected chi connectivity index (χ3v) is 31.0. The van der Waals surface area contributed by atoms with E-state index in [0.29, 0.717) is 0 Å². The lowest BCUT2D eigenvalue weighted by atomic mass is 9.97. The fraction of sp³-hybridized carbons (Fsp3) is 0.0431. The Bertz CT molecular complexity index is 7430. The minimum atomic E-state index is -1.13. The van der Waals surface area contributed by atoms with Crippen molar-refractivity contribution in [1.82, 2.24) is 24.9 Å². The van der Waals surface area contributed by atoms with Crippen LogP contribution in [0.4, 0.5) is 0 Å². The van der Waals surface area contributed by atoms with Crippen LogP contribution >= 0.6 is 0 Å². The maximum atomic E-state index is 6.39. The molecule has 0 saturated carbocycles. The molecule has 22 rings (SSSR count). The van der Waals surface area contributed by atoms with Crippen molar-refractivity contribution < 1.29 is 25.6 Å². The van der Waals surface area contributed by atoms with Gasteiger partial charge >= 0.3 is 80.9 Å². The van der Waals surface area contributed by atoms with Crippen LogP contribution in [-0.2, 0) is 2.84 Å². The highest BCUT2D eigenvalue weighted by Gasteiger charge is 2.25. The summed E-state index contributed by atoms with van der Waals surface area (Å²) < 4.78 is 40.2. The predicted octanol–water partition coefficient (Wildman–Crippen LogP) is 22.7. The van der Waals surface area contributed by atoms with Crippen LogP contribution in [0.5, 0.6) is 34.5 Å². The molecule has 0 bridgehead atoms. The van der Waals surface area contributed by atoms with Gasteiger partial charge in [-0.3, -0.25) is 0 Å². The fourth-order valence-corrected chi connectivity index (χ4v) is 24.1. The Hall–Kier alpha value is -13.6. The molecule has 0 spiro atoms. The molecular formula is C116H89Al5N5O7Si2. The summed E-state index contributed by atoms with van der Waals surface area (Å²) >= 11 is 2.33. The van der Waals surface area contributed by atoms with Crippen molar-refractivity contribution in [1.29, 1.82) is 0 Å². The minimum absolute atomic E-state index is 0.682. The van der Waals surface area contributed by atoms with Gasteiger partial charge in [-0.25, -0.2) is 24.9 Å². The number of nitrogens with zero attached hydrogens (tertiary/aromatic N) is 5. The average Bonchev–Trinajstić information content (AvgIpc) is 0.762. The normalized spacial score (nSPS) is 10.8. The van der Waals surface area contributed by atoms with Gasteiger partial charge in [-0.05, 0) is 154 Å². The molecule has 19 heteroatoms. The lowest BCUT2D eigenvalue weighted by Gasteiger charge is -2.20. The Labute approximate surface area is 828 Å². The van der Waals surface area contributed by atoms with Gasteiger partial charge in [-0.2, -0.15) is 0 Å². The molecule has 22 aromatic rings. The molecule has 0 N–H and O–H groups in total. The van der Waals surface area contributed by atoms with E-state index in [2.05, 4.69) is 325 Å². The fourth-order valence-electron chi connectivity index (χ4n) is 16.2. The average molecular weight is 1860 g/mol. The Balaban J connectivity index is 0.000000115. The van der Waals surface area contributed by atoms with E-state index in [0.717, 1.165) is 140 Å². The summed E-state index contributed by atoms with van der Waals surface area (Å²) in [6, 6.07) is 156. The highest BCUT2D eigenvalue weighted by molar-refractivity contribution is 6.98. The van der Waals surface area contributed by atoms with Crippen molar-refractivity contribution in [2.24, 2.45) is 0 Å². The van der Waals surface area contributed by atoms with Crippen LogP contribution in [0.15, 0.2) is 449 Å². The first-order valence-corrected chi connectivity index (χ1v) is 51.1. The Kier molecular flexibility index (Phi) is 32.0. The van der Waals surface area contributed by atoms with E-state index in [-0.39, 0.29) is 0 Å². The summed E-state index contributed by atoms with van der Waals surface area (Å²) in [6.07, 6.45) is 0. The highest BCUT2D eigenvalue weighted by Crippen LogP contribution is 2.40. The van der Waals surface area contributed by atoms with Gasteiger partial charge in [0.15, 0.2) is 17.6 Å². The van der Waals surface area contributed by atoms with E-state index < -0.39 is 65.3 Å². The van der Waals surface area contributed by atoms with Gasteiger partial charge in [0.1, 0.15) is 56.3 Å². The van der Waals surface area contributed by atoms with Crippen LogP contribution in [-0.4, -0.2) is 123 Å². The SMILES string of the molecule is Cc1ccc2cccc([O][Al])c2n1.Cc1ccc2cccc([O][Al])c2n1.Cc1ccc2cccc([O][Al][O][Al][O]c3cccc4ccc(C)nc34)c2n1.Cc1ccc2cccc([O][Al][O]c3c(-c4ccccc4)cccc3-c3ccccc3)c2n1.c1ccc([Si](c2cccc3ccccc23)c2cccc3ccccc23)cc1.c1ccc([Si](c2ccccc2)c2ccc3ccccc3c2)cc1. The smallest absolute Gasteiger partial charge is 0.652 e. The molecule has 135 heavy (non-hydrogen) atoms. The first-order valence-electron chi connectivity index (χ1n) is 44.4. The molecule has 17 aromatic carbocycles. The number of benzene rings is 17. The number of fused-ring (bicyclic) bond motifs is 8. The third kappa shape index (κ3) is 23.6. The minimum Gasteiger partial charge on any atom is -0.652 e. The van der Waals surface area contributed by atoms with E-state index in [9.17, 15) is 0 Å². The van der Waals surface area contributed by atoms with Crippen LogP contribution in [0.3, 0.4) is 0 Å². The molecule has 0 saturated heterocycles. The molecule has 643 valence electrons. The quantitative estimate of drug-likeness (QED) is 0.0409. The van der Waals surface area contributed by atoms with Gasteiger partial charge in [-0.15, -0.1) is 0 Å². The summed E-state index contributed by atoms with van der Waals surface area (Å²) in [5.41, 5.74) is 13.6. The van der Waals surface area contributed by atoms with Gasteiger partial charge in [0, 0.05) is 66.5 Å². The largest absolute Gasteiger partial charge is 0.881 e. The zero-order chi connectivity index (χ0) is 92.4. The first-order chi connectivity index (χ1) is 66.4. The number of aromatic nitrogens is 5. The molecule has 12 nitrogen and oxygen atoms in total. The zero-order valence-electron chi connectivity index (χ0n) is 75.2. The van der Waals surface area contributed by atoms with Crippen LogP contribution in [0.2, 0.25) is 0 Å². The molecule has 0 fully saturated rings. The Morgan fingerprint density at radius 2 is 0.496 bits per heavy atom. The van der Waals surface area contributed by atoms with E-state index in [4.69, 9.17) is 25.6 Å². The lowest BCUT2D eigenvalue weighted by molar-refractivity contribution is 0.420.